The van der Waals surface area contributed by atoms with Crippen LogP contribution in [0.1, 0.15) is 27.7 Å². The predicted octanol–water partition coefficient (Wildman–Crippen LogP) is 0.596. The molecule has 0 bridgehead atoms. The van der Waals surface area contributed by atoms with Gasteiger partial charge in [0.25, 0.3) is 5.91 Å². The van der Waals surface area contributed by atoms with E-state index in [2.05, 4.69) is 5.10 Å². The van der Waals surface area contributed by atoms with E-state index in [1.165, 1.54) is 6.92 Å². The number of carbonyl (C=O) groups is 3. The average Bonchev–Trinajstić information content (AvgIpc) is 2.79. The van der Waals surface area contributed by atoms with Gasteiger partial charge in [0, 0.05) is 19.1 Å². The normalized spacial score (nSPS) is 28.7. The molecule has 0 N–H and O–H groups in total. The molecule has 7 heteroatoms. The van der Waals surface area contributed by atoms with E-state index >= 15 is 0 Å². The molecule has 0 aromatic carbocycles. The van der Waals surface area contributed by atoms with Crippen LogP contribution in [0.15, 0.2) is 5.10 Å². The lowest BCUT2D eigenvalue weighted by atomic mass is 9.99. The lowest BCUT2D eigenvalue weighted by Crippen LogP contribution is -2.55. The van der Waals surface area contributed by atoms with Crippen LogP contribution in [0.5, 0.6) is 0 Å². The van der Waals surface area contributed by atoms with Crippen molar-refractivity contribution in [1.82, 2.24) is 9.91 Å². The molecule has 0 saturated carbocycles. The molecule has 104 valence electrons. The summed E-state index contributed by atoms with van der Waals surface area (Å²) in [6, 6.07) is -0.776. The molecule has 0 unspecified atom stereocenters. The Kier molecular flexibility index (Phi) is 3.07. The Balaban J connectivity index is 2.28. The largest absolute Gasteiger partial charge is 0.447 e. The first-order chi connectivity index (χ1) is 8.75. The van der Waals surface area contributed by atoms with Crippen LogP contribution in [0.2, 0.25) is 0 Å². The van der Waals surface area contributed by atoms with Crippen molar-refractivity contribution >= 4 is 24.1 Å². The van der Waals surface area contributed by atoms with E-state index < -0.39 is 23.6 Å². The number of amides is 3. The fourth-order valence-corrected chi connectivity index (χ4v) is 2.29. The van der Waals surface area contributed by atoms with Crippen LogP contribution in [-0.4, -0.2) is 52.2 Å². The van der Waals surface area contributed by atoms with E-state index in [0.717, 1.165) is 9.91 Å². The molecular formula is C12H17N3O4. The summed E-state index contributed by atoms with van der Waals surface area (Å²) in [5.41, 5.74) is -0.709. The van der Waals surface area contributed by atoms with E-state index in [9.17, 15) is 14.4 Å². The topological polar surface area (TPSA) is 79.3 Å². The number of imide groups is 1. The minimum absolute atomic E-state index is 0.152. The molecule has 2 rings (SSSR count). The van der Waals surface area contributed by atoms with Crippen LogP contribution in [0.3, 0.4) is 0 Å². The Hall–Kier alpha value is -1.92. The maximum Gasteiger partial charge on any atom is 0.417 e. The summed E-state index contributed by atoms with van der Waals surface area (Å²) in [5, 5.41) is 5.04. The lowest BCUT2D eigenvalue weighted by molar-refractivity contribution is -0.144. The summed E-state index contributed by atoms with van der Waals surface area (Å²) in [4.78, 5) is 36.8. The second-order valence-corrected chi connectivity index (χ2v) is 5.47. The van der Waals surface area contributed by atoms with Crippen molar-refractivity contribution in [3.8, 4) is 0 Å². The first-order valence-electron chi connectivity index (χ1n) is 6.10. The zero-order valence-corrected chi connectivity index (χ0v) is 11.4. The monoisotopic (exact) mass is 267 g/mol. The number of carbonyl (C=O) groups excluding carboxylic acids is 3. The first-order valence-corrected chi connectivity index (χ1v) is 6.10. The second kappa shape index (κ2) is 4.32. The Morgan fingerprint density at radius 1 is 1.47 bits per heavy atom. The van der Waals surface area contributed by atoms with E-state index in [1.54, 1.807) is 27.0 Å². The number of cyclic esters (lactones) is 1. The van der Waals surface area contributed by atoms with Gasteiger partial charge < -0.3 is 4.74 Å². The number of nitrogens with zero attached hydrogens (tertiary/aromatic N) is 3. The Morgan fingerprint density at radius 3 is 2.58 bits per heavy atom. The van der Waals surface area contributed by atoms with Gasteiger partial charge in [-0.1, -0.05) is 6.92 Å². The van der Waals surface area contributed by atoms with E-state index in [4.69, 9.17) is 4.74 Å². The molecule has 1 fully saturated rings. The van der Waals surface area contributed by atoms with Crippen LogP contribution >= 0.6 is 0 Å². The van der Waals surface area contributed by atoms with Gasteiger partial charge in [0.05, 0.1) is 5.54 Å². The van der Waals surface area contributed by atoms with E-state index in [0.29, 0.717) is 0 Å². The van der Waals surface area contributed by atoms with Crippen LogP contribution in [0.25, 0.3) is 0 Å². The van der Waals surface area contributed by atoms with Crippen molar-refractivity contribution in [1.29, 1.82) is 0 Å². The van der Waals surface area contributed by atoms with Crippen molar-refractivity contribution in [2.75, 3.05) is 6.61 Å². The van der Waals surface area contributed by atoms with E-state index in [1.807, 2.05) is 0 Å². The minimum Gasteiger partial charge on any atom is -0.447 e. The van der Waals surface area contributed by atoms with Gasteiger partial charge in [-0.25, -0.2) is 14.7 Å². The van der Waals surface area contributed by atoms with Gasteiger partial charge in [-0.3, -0.25) is 9.59 Å². The van der Waals surface area contributed by atoms with Gasteiger partial charge in [0.2, 0.25) is 5.91 Å². The summed E-state index contributed by atoms with van der Waals surface area (Å²) in [6.45, 7) is 6.76. The molecular weight excluding hydrogens is 250 g/mol. The molecule has 3 amide bonds. The molecule has 0 spiro atoms. The van der Waals surface area contributed by atoms with Gasteiger partial charge in [-0.2, -0.15) is 5.10 Å². The Morgan fingerprint density at radius 2 is 2.11 bits per heavy atom. The van der Waals surface area contributed by atoms with Crippen molar-refractivity contribution in [2.45, 2.75) is 39.3 Å². The van der Waals surface area contributed by atoms with Gasteiger partial charge in [-0.05, 0) is 13.8 Å². The summed E-state index contributed by atoms with van der Waals surface area (Å²) >= 11 is 0. The second-order valence-electron chi connectivity index (χ2n) is 5.47. The van der Waals surface area contributed by atoms with Crippen molar-refractivity contribution in [2.24, 2.45) is 11.0 Å². The molecule has 2 aliphatic rings. The summed E-state index contributed by atoms with van der Waals surface area (Å²) < 4.78 is 4.91. The number of hydrazone groups is 1. The van der Waals surface area contributed by atoms with Crippen LogP contribution in [0.4, 0.5) is 4.79 Å². The number of hydrogen-bond donors (Lipinski definition) is 0. The molecule has 19 heavy (non-hydrogen) atoms. The maximum absolute atomic E-state index is 12.6. The summed E-state index contributed by atoms with van der Waals surface area (Å²) in [6.07, 6.45) is 0.871. The predicted molar refractivity (Wildman–Crippen MR) is 66.2 cm³/mol. The van der Waals surface area contributed by atoms with Crippen molar-refractivity contribution in [3.05, 3.63) is 0 Å². The molecule has 0 aromatic heterocycles. The molecule has 2 aliphatic heterocycles. The SMILES string of the molecule is CC(=O)N1N=C[C@H](C)[C@H]1C(=O)N1C(=O)OCC1(C)C. The Bertz CT molecular complexity index is 472. The molecule has 2 atom stereocenters. The van der Waals surface area contributed by atoms with Gasteiger partial charge in [0.1, 0.15) is 12.6 Å². The average molecular weight is 267 g/mol. The molecule has 0 aromatic rings. The van der Waals surface area contributed by atoms with E-state index in [-0.39, 0.29) is 18.4 Å². The molecule has 1 saturated heterocycles. The summed E-state index contributed by atoms with van der Waals surface area (Å²) in [5.74, 6) is -1.02. The molecule has 7 nitrogen and oxygen atoms in total. The highest BCUT2D eigenvalue weighted by molar-refractivity contribution is 6.00. The number of hydrogen-bond acceptors (Lipinski definition) is 5. The van der Waals surface area contributed by atoms with Crippen LogP contribution < -0.4 is 0 Å². The van der Waals surface area contributed by atoms with Crippen LogP contribution in [0, 0.1) is 5.92 Å². The quantitative estimate of drug-likeness (QED) is 0.696. The highest BCUT2D eigenvalue weighted by Crippen LogP contribution is 2.28. The zero-order chi connectivity index (χ0) is 14.4. The van der Waals surface area contributed by atoms with Gasteiger partial charge >= 0.3 is 6.09 Å². The third-order valence-electron chi connectivity index (χ3n) is 3.32. The number of rotatable bonds is 1. The third kappa shape index (κ3) is 2.09. The lowest BCUT2D eigenvalue weighted by Gasteiger charge is -2.31. The first kappa shape index (κ1) is 13.5. The minimum atomic E-state index is -0.776. The number of ether oxygens (including phenoxy) is 1. The fourth-order valence-electron chi connectivity index (χ4n) is 2.29. The van der Waals surface area contributed by atoms with Gasteiger partial charge in [0.15, 0.2) is 0 Å². The zero-order valence-electron chi connectivity index (χ0n) is 11.4. The molecule has 0 radical (unpaired) electrons. The van der Waals surface area contributed by atoms with Crippen molar-refractivity contribution in [3.63, 3.8) is 0 Å². The van der Waals surface area contributed by atoms with Gasteiger partial charge in [-0.15, -0.1) is 0 Å². The standard InChI is InChI=1S/C12H17N3O4/c1-7-5-13-15(8(2)16)9(7)10(17)14-11(18)19-6-12(14,3)4/h5,7,9H,6H2,1-4H3/t7-,9-/m0/s1. The fraction of sp³-hybridized carbons (Fsp3) is 0.667. The molecule has 2 heterocycles. The highest BCUT2D eigenvalue weighted by atomic mass is 16.6. The summed E-state index contributed by atoms with van der Waals surface area (Å²) in [7, 11) is 0. The Labute approximate surface area is 111 Å². The van der Waals surface area contributed by atoms with Crippen molar-refractivity contribution < 1.29 is 19.1 Å². The smallest absolute Gasteiger partial charge is 0.417 e. The highest BCUT2D eigenvalue weighted by Gasteiger charge is 2.50. The van der Waals surface area contributed by atoms with Crippen LogP contribution in [-0.2, 0) is 14.3 Å². The third-order valence-corrected chi connectivity index (χ3v) is 3.32. The molecule has 0 aliphatic carbocycles. The maximum atomic E-state index is 12.6.